The summed E-state index contributed by atoms with van der Waals surface area (Å²) in [5.74, 6) is -0.187. The maximum atomic E-state index is 13.2. The van der Waals surface area contributed by atoms with Gasteiger partial charge in [-0.2, -0.15) is 0 Å². The van der Waals surface area contributed by atoms with Gasteiger partial charge in [0.25, 0.3) is 5.91 Å². The first kappa shape index (κ1) is 16.0. The first-order chi connectivity index (χ1) is 12.7. The van der Waals surface area contributed by atoms with Gasteiger partial charge in [0, 0.05) is 16.7 Å². The number of aromatic nitrogens is 1. The van der Waals surface area contributed by atoms with Gasteiger partial charge in [-0.1, -0.05) is 30.0 Å². The molecule has 2 aromatic heterocycles. The van der Waals surface area contributed by atoms with Crippen molar-refractivity contribution < 1.29 is 9.59 Å². The molecule has 2 aliphatic heterocycles. The smallest absolute Gasteiger partial charge is 0.263 e. The van der Waals surface area contributed by atoms with Gasteiger partial charge >= 0.3 is 0 Å². The maximum Gasteiger partial charge on any atom is 0.263 e. The number of carbonyl (C=O) groups is 2. The fourth-order valence-electron chi connectivity index (χ4n) is 3.36. The molecule has 1 aromatic carbocycles. The van der Waals surface area contributed by atoms with Gasteiger partial charge in [0.1, 0.15) is 0 Å². The van der Waals surface area contributed by atoms with Gasteiger partial charge < -0.3 is 0 Å². The van der Waals surface area contributed by atoms with E-state index in [0.717, 1.165) is 21.2 Å². The third-order valence-electron chi connectivity index (χ3n) is 4.53. The first-order valence-corrected chi connectivity index (χ1v) is 10.7. The summed E-state index contributed by atoms with van der Waals surface area (Å²) >= 11 is 4.48. The summed E-state index contributed by atoms with van der Waals surface area (Å²) in [5.41, 5.74) is 1.69. The van der Waals surface area contributed by atoms with Crippen LogP contribution in [-0.4, -0.2) is 21.7 Å². The summed E-state index contributed by atoms with van der Waals surface area (Å²) in [6.45, 7) is 0. The summed E-state index contributed by atoms with van der Waals surface area (Å²) in [5, 5.41) is 7.44. The Morgan fingerprint density at radius 1 is 1.19 bits per heavy atom. The minimum Gasteiger partial charge on any atom is -0.299 e. The number of thiophene rings is 1. The second-order valence-electron chi connectivity index (χ2n) is 6.05. The number of thioether (sulfide) groups is 1. The van der Waals surface area contributed by atoms with Crippen LogP contribution in [-0.2, 0) is 9.59 Å². The number of thiazole rings is 1. The van der Waals surface area contributed by atoms with Crippen LogP contribution in [0.5, 0.6) is 0 Å². The van der Waals surface area contributed by atoms with E-state index in [9.17, 15) is 9.59 Å². The number of para-hydroxylation sites is 1. The lowest BCUT2D eigenvalue weighted by Crippen LogP contribution is -2.49. The summed E-state index contributed by atoms with van der Waals surface area (Å²) in [6, 6.07) is 11.7. The van der Waals surface area contributed by atoms with Crippen molar-refractivity contribution in [2.75, 3.05) is 10.2 Å². The molecule has 1 saturated heterocycles. The Bertz CT molecular complexity index is 1010. The third-order valence-corrected chi connectivity index (χ3v) is 7.65. The minimum absolute atomic E-state index is 0.00369. The number of hydrogen-bond acceptors (Lipinski definition) is 6. The van der Waals surface area contributed by atoms with Crippen molar-refractivity contribution in [3.05, 3.63) is 47.2 Å². The van der Waals surface area contributed by atoms with Crippen LogP contribution in [0.4, 0.5) is 10.8 Å². The number of carbonyl (C=O) groups excluding carboxylic acids is 2. The molecule has 5 rings (SSSR count). The van der Waals surface area contributed by atoms with E-state index < -0.39 is 4.87 Å². The van der Waals surface area contributed by atoms with E-state index in [4.69, 9.17) is 0 Å². The summed E-state index contributed by atoms with van der Waals surface area (Å²) in [7, 11) is 0. The molecular formula is C18H13N3O2S3. The molecule has 0 bridgehead atoms. The van der Waals surface area contributed by atoms with Crippen molar-refractivity contribution in [2.45, 2.75) is 22.6 Å². The molecule has 1 fully saturated rings. The molecule has 26 heavy (non-hydrogen) atoms. The third kappa shape index (κ3) is 2.33. The molecule has 0 saturated carbocycles. The Kier molecular flexibility index (Phi) is 3.66. The summed E-state index contributed by atoms with van der Waals surface area (Å²) in [6.07, 6.45) is 0.882. The van der Waals surface area contributed by atoms with Crippen LogP contribution in [0, 0.1) is 0 Å². The van der Waals surface area contributed by atoms with Gasteiger partial charge in [-0.25, -0.2) is 4.98 Å². The highest BCUT2D eigenvalue weighted by Crippen LogP contribution is 2.56. The van der Waals surface area contributed by atoms with Crippen molar-refractivity contribution in [3.8, 4) is 10.6 Å². The molecule has 0 spiro atoms. The second-order valence-corrected chi connectivity index (χ2v) is 9.18. The largest absolute Gasteiger partial charge is 0.299 e. The molecule has 0 radical (unpaired) electrons. The SMILES string of the molecule is O=C1CCC2(C(=O)Nc3nc(-c4cccs4)cs3)Sc3ccccc3N12. The van der Waals surface area contributed by atoms with Gasteiger partial charge in [-0.15, -0.1) is 22.7 Å². The van der Waals surface area contributed by atoms with Crippen LogP contribution in [0.25, 0.3) is 10.6 Å². The van der Waals surface area contributed by atoms with Crippen molar-refractivity contribution in [1.82, 2.24) is 4.98 Å². The van der Waals surface area contributed by atoms with E-state index in [1.54, 1.807) is 16.2 Å². The highest BCUT2D eigenvalue weighted by molar-refractivity contribution is 8.02. The standard InChI is InChI=1S/C18H13N3O2S3/c22-15-7-8-18(21(15)12-4-1-2-5-14(12)26-18)16(23)20-17-19-11(10-25-17)13-6-3-9-24-13/h1-6,9-10H,7-8H2,(H,19,20,23). The number of anilines is 2. The van der Waals surface area contributed by atoms with Crippen LogP contribution in [0.1, 0.15) is 12.8 Å². The molecule has 1 unspecified atom stereocenters. The molecule has 2 aliphatic rings. The lowest BCUT2D eigenvalue weighted by molar-refractivity contribution is -0.121. The first-order valence-electron chi connectivity index (χ1n) is 8.09. The number of amides is 2. The molecule has 5 nitrogen and oxygen atoms in total. The predicted octanol–water partition coefficient (Wildman–Crippen LogP) is 4.44. The van der Waals surface area contributed by atoms with Crippen LogP contribution in [0.15, 0.2) is 52.1 Å². The molecule has 4 heterocycles. The van der Waals surface area contributed by atoms with Crippen LogP contribution >= 0.6 is 34.4 Å². The highest BCUT2D eigenvalue weighted by atomic mass is 32.2. The van der Waals surface area contributed by atoms with Crippen molar-refractivity contribution in [2.24, 2.45) is 0 Å². The van der Waals surface area contributed by atoms with Crippen molar-refractivity contribution in [3.63, 3.8) is 0 Å². The van der Waals surface area contributed by atoms with E-state index in [0.29, 0.717) is 18.0 Å². The van der Waals surface area contributed by atoms with Gasteiger partial charge in [0.2, 0.25) is 5.91 Å². The fourth-order valence-corrected chi connectivity index (χ4v) is 6.24. The fraction of sp³-hybridized carbons (Fsp3) is 0.167. The van der Waals surface area contributed by atoms with Gasteiger partial charge in [-0.05, 0) is 30.0 Å². The van der Waals surface area contributed by atoms with Gasteiger partial charge in [0.15, 0.2) is 10.0 Å². The zero-order valence-corrected chi connectivity index (χ0v) is 15.9. The highest BCUT2D eigenvalue weighted by Gasteiger charge is 2.57. The lowest BCUT2D eigenvalue weighted by atomic mass is 10.2. The predicted molar refractivity (Wildman–Crippen MR) is 106 cm³/mol. The Labute approximate surface area is 162 Å². The van der Waals surface area contributed by atoms with E-state index in [1.165, 1.54) is 23.1 Å². The van der Waals surface area contributed by atoms with E-state index in [1.807, 2.05) is 47.2 Å². The van der Waals surface area contributed by atoms with Crippen LogP contribution < -0.4 is 10.2 Å². The minimum atomic E-state index is -0.907. The lowest BCUT2D eigenvalue weighted by Gasteiger charge is -2.29. The molecule has 130 valence electrons. The topological polar surface area (TPSA) is 62.3 Å². The Morgan fingerprint density at radius 3 is 2.92 bits per heavy atom. The van der Waals surface area contributed by atoms with E-state index in [-0.39, 0.29) is 11.8 Å². The molecule has 3 aromatic rings. The van der Waals surface area contributed by atoms with Crippen molar-refractivity contribution >= 4 is 57.1 Å². The zero-order valence-electron chi connectivity index (χ0n) is 13.5. The average Bonchev–Trinajstić information content (AvgIpc) is 3.39. The number of nitrogens with one attached hydrogen (secondary N) is 1. The Morgan fingerprint density at radius 2 is 2.08 bits per heavy atom. The normalized spacial score (nSPS) is 20.9. The molecule has 8 heteroatoms. The molecule has 2 amide bonds. The number of fused-ring (bicyclic) bond motifs is 3. The number of hydrogen-bond donors (Lipinski definition) is 1. The summed E-state index contributed by atoms with van der Waals surface area (Å²) in [4.78, 5) is 33.0. The molecule has 1 atom stereocenters. The van der Waals surface area contributed by atoms with Crippen molar-refractivity contribution in [1.29, 1.82) is 0 Å². The number of rotatable bonds is 3. The summed E-state index contributed by atoms with van der Waals surface area (Å²) < 4.78 is 0. The molecular weight excluding hydrogens is 386 g/mol. The van der Waals surface area contributed by atoms with Crippen LogP contribution in [0.3, 0.4) is 0 Å². The van der Waals surface area contributed by atoms with Gasteiger partial charge in [0.05, 0.1) is 16.3 Å². The second kappa shape index (κ2) is 5.94. The van der Waals surface area contributed by atoms with E-state index in [2.05, 4.69) is 10.3 Å². The van der Waals surface area contributed by atoms with E-state index >= 15 is 0 Å². The monoisotopic (exact) mass is 399 g/mol. The Balaban J connectivity index is 1.44. The molecule has 1 N–H and O–H groups in total. The van der Waals surface area contributed by atoms with Gasteiger partial charge in [-0.3, -0.25) is 19.8 Å². The maximum absolute atomic E-state index is 13.2. The number of nitrogens with zero attached hydrogens (tertiary/aromatic N) is 2. The quantitative estimate of drug-likeness (QED) is 0.707. The number of benzene rings is 1. The average molecular weight is 400 g/mol. The van der Waals surface area contributed by atoms with Crippen LogP contribution in [0.2, 0.25) is 0 Å². The zero-order chi connectivity index (χ0) is 17.7. The molecule has 0 aliphatic carbocycles. The Hall–Kier alpha value is -2.16.